The third-order valence-corrected chi connectivity index (χ3v) is 5.68. The van der Waals surface area contributed by atoms with Crippen LogP contribution in [0, 0.1) is 5.82 Å². The summed E-state index contributed by atoms with van der Waals surface area (Å²) in [6, 6.07) is 18.0. The average molecular weight is 484 g/mol. The Morgan fingerprint density at radius 2 is 1.72 bits per heavy atom. The van der Waals surface area contributed by atoms with Gasteiger partial charge >= 0.3 is 0 Å². The van der Waals surface area contributed by atoms with Gasteiger partial charge in [-0.3, -0.25) is 4.79 Å². The van der Waals surface area contributed by atoms with E-state index in [1.54, 1.807) is 50.6 Å². The highest BCUT2D eigenvalue weighted by Gasteiger charge is 2.15. The molecule has 0 aliphatic carbocycles. The number of nitrogens with one attached hydrogen (secondary N) is 1. The first-order valence-corrected chi connectivity index (χ1v) is 10.9. The van der Waals surface area contributed by atoms with E-state index >= 15 is 0 Å². The highest BCUT2D eigenvalue weighted by Crippen LogP contribution is 2.36. The molecule has 8 nitrogen and oxygen atoms in total. The normalized spacial score (nSPS) is 10.9. The minimum atomic E-state index is -0.475. The van der Waals surface area contributed by atoms with Crippen LogP contribution in [-0.4, -0.2) is 30.1 Å². The largest absolute Gasteiger partial charge is 0.493 e. The molecule has 3 N–H and O–H groups in total. The molecule has 0 aliphatic heterocycles. The number of halogens is 1. The Labute approximate surface area is 205 Å². The second-order valence-corrected chi connectivity index (χ2v) is 7.88. The van der Waals surface area contributed by atoms with Gasteiger partial charge in [-0.25, -0.2) is 14.4 Å². The Morgan fingerprint density at radius 1 is 0.917 bits per heavy atom. The van der Waals surface area contributed by atoms with Crippen molar-refractivity contribution in [1.82, 2.24) is 9.97 Å². The Kier molecular flexibility index (Phi) is 5.95. The molecule has 36 heavy (non-hydrogen) atoms. The number of carbonyl (C=O) groups is 1. The fraction of sp³-hybridized carbons (Fsp3) is 0.0741. The van der Waals surface area contributed by atoms with Crippen LogP contribution in [0.5, 0.6) is 23.1 Å². The van der Waals surface area contributed by atoms with E-state index < -0.39 is 5.82 Å². The highest BCUT2D eigenvalue weighted by molar-refractivity contribution is 6.13. The van der Waals surface area contributed by atoms with Crippen LogP contribution in [0.15, 0.2) is 73.1 Å². The summed E-state index contributed by atoms with van der Waals surface area (Å²) in [5, 5.41) is 4.89. The molecule has 0 unspecified atom stereocenters. The molecule has 0 radical (unpaired) electrons. The Balaban J connectivity index is 1.47. The number of carbonyl (C=O) groups excluding carboxylic acids is 1. The van der Waals surface area contributed by atoms with Gasteiger partial charge in [-0.05, 0) is 59.3 Å². The van der Waals surface area contributed by atoms with E-state index in [0.717, 1.165) is 11.5 Å². The van der Waals surface area contributed by atoms with E-state index in [9.17, 15) is 9.18 Å². The summed E-state index contributed by atoms with van der Waals surface area (Å²) in [5.74, 6) is 1.11. The third kappa shape index (κ3) is 4.29. The number of nitrogens with two attached hydrogens (primary N) is 1. The van der Waals surface area contributed by atoms with Crippen molar-refractivity contribution >= 4 is 39.0 Å². The molecule has 0 atom stereocenters. The van der Waals surface area contributed by atoms with Crippen LogP contribution in [0.25, 0.3) is 21.7 Å². The summed E-state index contributed by atoms with van der Waals surface area (Å²) in [6.07, 6.45) is 1.41. The topological polar surface area (TPSA) is 109 Å². The van der Waals surface area contributed by atoms with Gasteiger partial charge in [0.2, 0.25) is 5.88 Å². The number of nitrogens with zero attached hydrogens (tertiary/aromatic N) is 2. The smallest absolute Gasteiger partial charge is 0.256 e. The van der Waals surface area contributed by atoms with Crippen LogP contribution < -0.4 is 25.3 Å². The van der Waals surface area contributed by atoms with Crippen molar-refractivity contribution in [2.75, 3.05) is 25.3 Å². The minimum Gasteiger partial charge on any atom is -0.493 e. The molecule has 9 heteroatoms. The lowest BCUT2D eigenvalue weighted by molar-refractivity contribution is 0.102. The molecule has 1 heterocycles. The molecular formula is C27H21FN4O4. The van der Waals surface area contributed by atoms with E-state index in [-0.39, 0.29) is 11.6 Å². The molecule has 180 valence electrons. The van der Waals surface area contributed by atoms with Crippen molar-refractivity contribution in [2.45, 2.75) is 0 Å². The lowest BCUT2D eigenvalue weighted by Crippen LogP contribution is -2.13. The molecule has 0 fully saturated rings. The maximum Gasteiger partial charge on any atom is 0.256 e. The average Bonchev–Trinajstić information content (AvgIpc) is 2.89. The number of hydrogen-bond donors (Lipinski definition) is 2. The van der Waals surface area contributed by atoms with Crippen molar-refractivity contribution < 1.29 is 23.4 Å². The number of methoxy groups -OCH3 is 2. The number of rotatable bonds is 6. The number of ether oxygens (including phenoxy) is 3. The van der Waals surface area contributed by atoms with E-state index in [2.05, 4.69) is 15.3 Å². The number of fused-ring (bicyclic) bond motifs is 2. The molecule has 5 aromatic rings. The maximum absolute atomic E-state index is 13.3. The summed E-state index contributed by atoms with van der Waals surface area (Å²) in [5.41, 5.74) is 7.38. The molecule has 1 amide bonds. The van der Waals surface area contributed by atoms with Gasteiger partial charge in [0, 0.05) is 11.6 Å². The third-order valence-electron chi connectivity index (χ3n) is 5.68. The van der Waals surface area contributed by atoms with Crippen molar-refractivity contribution in [3.8, 4) is 23.1 Å². The fourth-order valence-corrected chi connectivity index (χ4v) is 3.91. The first-order chi connectivity index (χ1) is 17.5. The number of hydrogen-bond acceptors (Lipinski definition) is 7. The first kappa shape index (κ1) is 22.9. The Bertz CT molecular complexity index is 1620. The van der Waals surface area contributed by atoms with Crippen LogP contribution in [0.4, 0.5) is 15.8 Å². The second-order valence-electron chi connectivity index (χ2n) is 7.88. The summed E-state index contributed by atoms with van der Waals surface area (Å²) in [4.78, 5) is 21.6. The van der Waals surface area contributed by atoms with E-state index in [4.69, 9.17) is 19.9 Å². The fourth-order valence-electron chi connectivity index (χ4n) is 3.91. The first-order valence-electron chi connectivity index (χ1n) is 10.9. The number of amides is 1. The van der Waals surface area contributed by atoms with Gasteiger partial charge < -0.3 is 25.3 Å². The zero-order chi connectivity index (χ0) is 25.2. The Morgan fingerprint density at radius 3 is 2.50 bits per heavy atom. The monoisotopic (exact) mass is 484 g/mol. The van der Waals surface area contributed by atoms with Crippen molar-refractivity contribution in [3.63, 3.8) is 0 Å². The van der Waals surface area contributed by atoms with Gasteiger partial charge in [-0.2, -0.15) is 0 Å². The van der Waals surface area contributed by atoms with Gasteiger partial charge in [0.1, 0.15) is 17.9 Å². The summed E-state index contributed by atoms with van der Waals surface area (Å²) in [7, 11) is 3.11. The predicted octanol–water partition coefficient (Wildman–Crippen LogP) is 5.57. The van der Waals surface area contributed by atoms with Gasteiger partial charge in [0.25, 0.3) is 5.91 Å². The summed E-state index contributed by atoms with van der Waals surface area (Å²) < 4.78 is 30.2. The molecule has 5 rings (SSSR count). The van der Waals surface area contributed by atoms with E-state index in [0.29, 0.717) is 50.7 Å². The molecule has 1 aromatic heterocycles. The molecule has 0 saturated carbocycles. The van der Waals surface area contributed by atoms with Gasteiger partial charge in [0.05, 0.1) is 36.5 Å². The summed E-state index contributed by atoms with van der Waals surface area (Å²) >= 11 is 0. The number of aromatic nitrogens is 2. The zero-order valence-electron chi connectivity index (χ0n) is 19.4. The van der Waals surface area contributed by atoms with Crippen molar-refractivity contribution in [2.24, 2.45) is 0 Å². The number of benzene rings is 4. The van der Waals surface area contributed by atoms with Crippen molar-refractivity contribution in [1.29, 1.82) is 0 Å². The maximum atomic E-state index is 13.3. The Hall–Kier alpha value is -4.92. The lowest BCUT2D eigenvalue weighted by Gasteiger charge is -2.13. The van der Waals surface area contributed by atoms with Crippen LogP contribution in [0.2, 0.25) is 0 Å². The molecule has 0 saturated heterocycles. The highest BCUT2D eigenvalue weighted by atomic mass is 19.1. The molecule has 4 aromatic carbocycles. The minimum absolute atomic E-state index is 0.144. The van der Waals surface area contributed by atoms with Gasteiger partial charge in [-0.1, -0.05) is 12.1 Å². The molecule has 0 spiro atoms. The van der Waals surface area contributed by atoms with Crippen LogP contribution in [0.1, 0.15) is 10.4 Å². The quantitative estimate of drug-likeness (QED) is 0.304. The van der Waals surface area contributed by atoms with Crippen LogP contribution in [0.3, 0.4) is 0 Å². The zero-order valence-corrected chi connectivity index (χ0v) is 19.4. The van der Waals surface area contributed by atoms with Gasteiger partial charge in [-0.15, -0.1) is 0 Å². The molecular weight excluding hydrogens is 463 g/mol. The van der Waals surface area contributed by atoms with Gasteiger partial charge in [0.15, 0.2) is 11.5 Å². The van der Waals surface area contributed by atoms with E-state index in [1.165, 1.54) is 18.5 Å². The SMILES string of the molecule is COc1cc2ncnc(Oc3ccc4c(C(=O)Nc5ccc(F)cc5N)cccc4c3)c2cc1OC. The summed E-state index contributed by atoms with van der Waals surface area (Å²) in [6.45, 7) is 0. The van der Waals surface area contributed by atoms with E-state index in [1.807, 2.05) is 12.1 Å². The molecule has 0 bridgehead atoms. The number of nitrogen functional groups attached to an aromatic ring is 1. The van der Waals surface area contributed by atoms with Crippen molar-refractivity contribution in [3.05, 3.63) is 84.4 Å². The van der Waals surface area contributed by atoms with Crippen LogP contribution >= 0.6 is 0 Å². The lowest BCUT2D eigenvalue weighted by atomic mass is 10.0. The predicted molar refractivity (Wildman–Crippen MR) is 135 cm³/mol. The van der Waals surface area contributed by atoms with Crippen LogP contribution in [-0.2, 0) is 0 Å². The molecule has 0 aliphatic rings. The number of anilines is 2. The second kappa shape index (κ2) is 9.38. The standard InChI is InChI=1S/C27H21FN4O4/c1-34-24-12-20-23(13-25(24)35-2)30-14-31-27(20)36-17-7-8-18-15(10-17)4-3-5-19(18)26(33)32-22-9-6-16(28)11-21(22)29/h3-14H,29H2,1-2H3,(H,32,33).